The van der Waals surface area contributed by atoms with Crippen LogP contribution in [0.5, 0.6) is 0 Å². The van der Waals surface area contributed by atoms with Crippen LogP contribution < -0.4 is 0 Å². The molecule has 0 aromatic heterocycles. The number of aliphatic hydroxyl groups excluding tert-OH is 1. The first-order chi connectivity index (χ1) is 12.7. The second kappa shape index (κ2) is 6.57. The Morgan fingerprint density at radius 3 is 2.33 bits per heavy atom. The summed E-state index contributed by atoms with van der Waals surface area (Å²) in [5.41, 5.74) is 0.296. The monoisotopic (exact) mass is 376 g/mol. The SMILES string of the molecule is CC(=O)[C@H]1[C@H](CC(=O)O)C[C@H]2[C@@H]3CC[C@H]4C[C@@H](O)CC[C@]4(C)[C@H]3CC[C@@]21C. The molecule has 0 aromatic rings. The number of fused-ring (bicyclic) bond motifs is 5. The molecule has 152 valence electrons. The zero-order valence-corrected chi connectivity index (χ0v) is 17.1. The predicted octanol–water partition coefficient (Wildman–Crippen LogP) is 4.30. The fraction of sp³-hybridized carbons (Fsp3) is 0.913. The number of Topliss-reactive ketones (excluding diaryl/α,β-unsaturated/α-hetero) is 1. The summed E-state index contributed by atoms with van der Waals surface area (Å²) in [6, 6.07) is 0. The largest absolute Gasteiger partial charge is 0.481 e. The Morgan fingerprint density at radius 2 is 1.67 bits per heavy atom. The average molecular weight is 377 g/mol. The van der Waals surface area contributed by atoms with Gasteiger partial charge in [-0.1, -0.05) is 13.8 Å². The molecule has 0 amide bonds. The number of carboxylic acid groups (broad SMARTS) is 1. The van der Waals surface area contributed by atoms with E-state index in [0.29, 0.717) is 29.1 Å². The number of ketones is 1. The van der Waals surface area contributed by atoms with Crippen molar-refractivity contribution in [3.63, 3.8) is 0 Å². The number of carbonyl (C=O) groups is 2. The second-order valence-corrected chi connectivity index (χ2v) is 10.8. The maximum absolute atomic E-state index is 12.6. The van der Waals surface area contributed by atoms with Crippen LogP contribution in [0.3, 0.4) is 0 Å². The van der Waals surface area contributed by atoms with E-state index in [0.717, 1.165) is 32.1 Å². The van der Waals surface area contributed by atoms with E-state index < -0.39 is 5.97 Å². The maximum Gasteiger partial charge on any atom is 0.303 e. The van der Waals surface area contributed by atoms with Crippen molar-refractivity contribution in [2.24, 2.45) is 46.3 Å². The van der Waals surface area contributed by atoms with E-state index in [4.69, 9.17) is 0 Å². The molecule has 4 saturated carbocycles. The van der Waals surface area contributed by atoms with Crippen LogP contribution >= 0.6 is 0 Å². The molecule has 4 nitrogen and oxygen atoms in total. The molecule has 2 N–H and O–H groups in total. The van der Waals surface area contributed by atoms with Crippen LogP contribution in [0, 0.1) is 46.3 Å². The first-order valence-electron chi connectivity index (χ1n) is 11.1. The Labute approximate surface area is 163 Å². The minimum atomic E-state index is -0.762. The van der Waals surface area contributed by atoms with Gasteiger partial charge in [-0.25, -0.2) is 0 Å². The molecule has 0 aliphatic heterocycles. The summed E-state index contributed by atoms with van der Waals surface area (Å²) in [5, 5.41) is 19.6. The summed E-state index contributed by atoms with van der Waals surface area (Å²) in [7, 11) is 0. The molecule has 0 saturated heterocycles. The Kier molecular flexibility index (Phi) is 4.73. The summed E-state index contributed by atoms with van der Waals surface area (Å²) in [6.45, 7) is 6.44. The van der Waals surface area contributed by atoms with Gasteiger partial charge in [-0.15, -0.1) is 0 Å². The van der Waals surface area contributed by atoms with Gasteiger partial charge in [0.15, 0.2) is 0 Å². The fourth-order valence-corrected chi connectivity index (χ4v) is 8.64. The zero-order valence-electron chi connectivity index (χ0n) is 17.1. The molecule has 4 aliphatic carbocycles. The topological polar surface area (TPSA) is 74.6 Å². The Balaban J connectivity index is 1.64. The summed E-state index contributed by atoms with van der Waals surface area (Å²) < 4.78 is 0. The van der Waals surface area contributed by atoms with Crippen LogP contribution in [-0.4, -0.2) is 28.1 Å². The minimum Gasteiger partial charge on any atom is -0.481 e. The lowest BCUT2D eigenvalue weighted by Gasteiger charge is -2.60. The summed E-state index contributed by atoms with van der Waals surface area (Å²) >= 11 is 0. The lowest BCUT2D eigenvalue weighted by Crippen LogP contribution is -2.54. The normalized spacial score (nSPS) is 51.8. The smallest absolute Gasteiger partial charge is 0.303 e. The zero-order chi connectivity index (χ0) is 19.6. The highest BCUT2D eigenvalue weighted by Gasteiger charge is 2.63. The van der Waals surface area contributed by atoms with Crippen molar-refractivity contribution in [1.82, 2.24) is 0 Å². The predicted molar refractivity (Wildman–Crippen MR) is 103 cm³/mol. The molecule has 4 heteroatoms. The highest BCUT2D eigenvalue weighted by atomic mass is 16.4. The van der Waals surface area contributed by atoms with Gasteiger partial charge in [0.1, 0.15) is 5.78 Å². The average Bonchev–Trinajstić information content (AvgIpc) is 2.86. The van der Waals surface area contributed by atoms with Crippen molar-refractivity contribution < 1.29 is 19.8 Å². The standard InChI is InChI=1S/C23H36O4/c1-13(24)21-14(11-20(26)27)10-19-17-5-4-15-12-16(25)6-8-22(15,2)18(17)7-9-23(19,21)3/h14-19,21,25H,4-12H2,1-3H3,(H,26,27)/t14-,15-,16-,17+,18-,19-,21-,22-,23-/m0/s1. The van der Waals surface area contributed by atoms with Crippen LogP contribution in [0.1, 0.15) is 78.6 Å². The molecule has 4 rings (SSSR count). The molecule has 0 radical (unpaired) electrons. The van der Waals surface area contributed by atoms with Crippen molar-refractivity contribution in [3.8, 4) is 0 Å². The first-order valence-corrected chi connectivity index (χ1v) is 11.1. The van der Waals surface area contributed by atoms with Crippen molar-refractivity contribution in [3.05, 3.63) is 0 Å². The summed E-state index contributed by atoms with van der Waals surface area (Å²) in [4.78, 5) is 24.0. The molecule has 0 aromatic carbocycles. The van der Waals surface area contributed by atoms with Crippen LogP contribution in [-0.2, 0) is 9.59 Å². The Morgan fingerprint density at radius 1 is 0.963 bits per heavy atom. The van der Waals surface area contributed by atoms with Crippen LogP contribution in [0.25, 0.3) is 0 Å². The third kappa shape index (κ3) is 2.89. The highest BCUT2D eigenvalue weighted by Crippen LogP contribution is 2.68. The van der Waals surface area contributed by atoms with Gasteiger partial charge in [0, 0.05) is 12.3 Å². The van der Waals surface area contributed by atoms with Crippen molar-refractivity contribution in [2.45, 2.75) is 84.7 Å². The van der Waals surface area contributed by atoms with Gasteiger partial charge < -0.3 is 10.2 Å². The molecular formula is C23H36O4. The number of hydrogen-bond acceptors (Lipinski definition) is 3. The van der Waals surface area contributed by atoms with E-state index in [9.17, 15) is 19.8 Å². The molecule has 9 atom stereocenters. The molecule has 4 fully saturated rings. The number of carboxylic acids is 1. The van der Waals surface area contributed by atoms with Gasteiger partial charge in [0.2, 0.25) is 0 Å². The van der Waals surface area contributed by atoms with E-state index in [1.165, 1.54) is 19.3 Å². The Bertz CT molecular complexity index is 630. The van der Waals surface area contributed by atoms with E-state index in [2.05, 4.69) is 13.8 Å². The lowest BCUT2D eigenvalue weighted by atomic mass is 9.44. The summed E-state index contributed by atoms with van der Waals surface area (Å²) in [6.07, 6.45) is 8.55. The van der Waals surface area contributed by atoms with Gasteiger partial charge in [-0.2, -0.15) is 0 Å². The molecule has 4 aliphatic rings. The van der Waals surface area contributed by atoms with Crippen LogP contribution in [0.15, 0.2) is 0 Å². The van der Waals surface area contributed by atoms with Crippen LogP contribution in [0.4, 0.5) is 0 Å². The van der Waals surface area contributed by atoms with Gasteiger partial charge in [-0.05, 0) is 98.7 Å². The van der Waals surface area contributed by atoms with Gasteiger partial charge in [0.05, 0.1) is 6.10 Å². The van der Waals surface area contributed by atoms with E-state index in [1.54, 1.807) is 6.92 Å². The highest BCUT2D eigenvalue weighted by molar-refractivity contribution is 5.81. The molecular weight excluding hydrogens is 340 g/mol. The third-order valence-corrected chi connectivity index (χ3v) is 9.69. The van der Waals surface area contributed by atoms with Crippen molar-refractivity contribution >= 4 is 11.8 Å². The minimum absolute atomic E-state index is 0.00691. The summed E-state index contributed by atoms with van der Waals surface area (Å²) in [5.74, 6) is 1.78. The first kappa shape index (κ1) is 19.4. The second-order valence-electron chi connectivity index (χ2n) is 10.8. The van der Waals surface area contributed by atoms with E-state index >= 15 is 0 Å². The molecule has 0 spiro atoms. The Hall–Kier alpha value is -0.900. The van der Waals surface area contributed by atoms with E-state index in [-0.39, 0.29) is 35.6 Å². The lowest BCUT2D eigenvalue weighted by molar-refractivity contribution is -0.141. The molecule has 27 heavy (non-hydrogen) atoms. The van der Waals surface area contributed by atoms with Crippen molar-refractivity contribution in [1.29, 1.82) is 0 Å². The maximum atomic E-state index is 12.6. The number of hydrogen-bond donors (Lipinski definition) is 2. The number of carbonyl (C=O) groups excluding carboxylic acids is 1. The van der Waals surface area contributed by atoms with E-state index in [1.807, 2.05) is 0 Å². The van der Waals surface area contributed by atoms with Gasteiger partial charge in [0.25, 0.3) is 0 Å². The molecule has 0 bridgehead atoms. The molecule has 0 unspecified atom stereocenters. The number of aliphatic hydroxyl groups is 1. The number of rotatable bonds is 3. The van der Waals surface area contributed by atoms with Gasteiger partial charge >= 0.3 is 5.97 Å². The quantitative estimate of drug-likeness (QED) is 0.770. The fourth-order valence-electron chi connectivity index (χ4n) is 8.64. The van der Waals surface area contributed by atoms with Crippen LogP contribution in [0.2, 0.25) is 0 Å². The molecule has 0 heterocycles. The van der Waals surface area contributed by atoms with Gasteiger partial charge in [-0.3, -0.25) is 9.59 Å². The third-order valence-electron chi connectivity index (χ3n) is 9.69. The van der Waals surface area contributed by atoms with Crippen molar-refractivity contribution in [2.75, 3.05) is 0 Å². The number of aliphatic carboxylic acids is 1.